The monoisotopic (exact) mass is 274 g/mol. The summed E-state index contributed by atoms with van der Waals surface area (Å²) >= 11 is 0. The first-order valence-electron chi connectivity index (χ1n) is 6.40. The third-order valence-electron chi connectivity index (χ3n) is 2.92. The number of rotatable bonds is 6. The smallest absolute Gasteiger partial charge is 0.252 e. The zero-order valence-electron chi connectivity index (χ0n) is 11.3. The molecule has 0 aliphatic rings. The number of methoxy groups -OCH3 is 1. The molecule has 0 aliphatic heterocycles. The van der Waals surface area contributed by atoms with Gasteiger partial charge >= 0.3 is 0 Å². The molecule has 0 atom stereocenters. The minimum absolute atomic E-state index is 0.142. The van der Waals surface area contributed by atoms with Gasteiger partial charge in [0.1, 0.15) is 5.82 Å². The Morgan fingerprint density at radius 2 is 2.20 bits per heavy atom. The van der Waals surface area contributed by atoms with E-state index in [4.69, 9.17) is 10.6 Å². The number of nitrogens with one attached hydrogen (secondary N) is 2. The van der Waals surface area contributed by atoms with Gasteiger partial charge in [-0.25, -0.2) is 10.8 Å². The van der Waals surface area contributed by atoms with Crippen molar-refractivity contribution in [1.29, 1.82) is 0 Å². The number of anilines is 1. The molecule has 6 nitrogen and oxygen atoms in total. The highest BCUT2D eigenvalue weighted by atomic mass is 16.5. The summed E-state index contributed by atoms with van der Waals surface area (Å²) in [7, 11) is 1.64. The fourth-order valence-corrected chi connectivity index (χ4v) is 1.95. The number of ether oxygens (including phenoxy) is 1. The zero-order valence-corrected chi connectivity index (χ0v) is 11.3. The number of aromatic nitrogens is 1. The van der Waals surface area contributed by atoms with E-state index >= 15 is 0 Å². The quantitative estimate of drug-likeness (QED) is 0.419. The van der Waals surface area contributed by atoms with Crippen molar-refractivity contribution >= 4 is 22.6 Å². The van der Waals surface area contributed by atoms with Crippen molar-refractivity contribution in [2.24, 2.45) is 5.84 Å². The molecule has 0 unspecified atom stereocenters. The largest absolute Gasteiger partial charge is 0.385 e. The first-order chi connectivity index (χ1) is 9.76. The third-order valence-corrected chi connectivity index (χ3v) is 2.92. The molecule has 0 bridgehead atoms. The molecule has 0 fully saturated rings. The number of hydrogen-bond acceptors (Lipinski definition) is 5. The van der Waals surface area contributed by atoms with Gasteiger partial charge in [0.2, 0.25) is 0 Å². The summed E-state index contributed by atoms with van der Waals surface area (Å²) in [6.07, 6.45) is 0.771. The maximum atomic E-state index is 12.2. The average molecular weight is 274 g/mol. The molecule has 0 saturated carbocycles. The highest BCUT2D eigenvalue weighted by Crippen LogP contribution is 2.20. The molecule has 6 heteroatoms. The van der Waals surface area contributed by atoms with Gasteiger partial charge in [-0.1, -0.05) is 18.2 Å². The van der Waals surface area contributed by atoms with Crippen LogP contribution < -0.4 is 16.6 Å². The van der Waals surface area contributed by atoms with Gasteiger partial charge in [-0.15, -0.1) is 0 Å². The number of carbonyl (C=O) groups is 1. The molecular weight excluding hydrogens is 256 g/mol. The Morgan fingerprint density at radius 1 is 1.40 bits per heavy atom. The Balaban J connectivity index is 2.25. The summed E-state index contributed by atoms with van der Waals surface area (Å²) in [5.74, 6) is 5.71. The van der Waals surface area contributed by atoms with Gasteiger partial charge < -0.3 is 15.5 Å². The van der Waals surface area contributed by atoms with Gasteiger partial charge in [0.15, 0.2) is 0 Å². The number of nitrogens with zero attached hydrogens (tertiary/aromatic N) is 1. The summed E-state index contributed by atoms with van der Waals surface area (Å²) in [5, 5.41) is 3.66. The summed E-state index contributed by atoms with van der Waals surface area (Å²) < 4.78 is 4.95. The van der Waals surface area contributed by atoms with Crippen LogP contribution in [0, 0.1) is 0 Å². The van der Waals surface area contributed by atoms with Crippen molar-refractivity contribution in [3.8, 4) is 0 Å². The predicted molar refractivity (Wildman–Crippen MR) is 78.4 cm³/mol. The number of nitrogens with two attached hydrogens (primary N) is 1. The normalized spacial score (nSPS) is 10.5. The Hall–Kier alpha value is -2.18. The lowest BCUT2D eigenvalue weighted by atomic mass is 10.1. The Bertz CT molecular complexity index is 601. The molecule has 1 aromatic carbocycles. The summed E-state index contributed by atoms with van der Waals surface area (Å²) in [6.45, 7) is 1.18. The van der Waals surface area contributed by atoms with Gasteiger partial charge in [-0.05, 0) is 18.6 Å². The molecule has 0 saturated heterocycles. The van der Waals surface area contributed by atoms with Crippen LogP contribution in [0.3, 0.4) is 0 Å². The van der Waals surface area contributed by atoms with Crippen molar-refractivity contribution in [3.63, 3.8) is 0 Å². The lowest BCUT2D eigenvalue weighted by Gasteiger charge is -2.10. The first kappa shape index (κ1) is 14.2. The van der Waals surface area contributed by atoms with E-state index in [1.807, 2.05) is 24.3 Å². The fourth-order valence-electron chi connectivity index (χ4n) is 1.95. The van der Waals surface area contributed by atoms with Crippen LogP contribution in [0.1, 0.15) is 16.8 Å². The van der Waals surface area contributed by atoms with Crippen molar-refractivity contribution in [1.82, 2.24) is 10.3 Å². The maximum Gasteiger partial charge on any atom is 0.252 e. The van der Waals surface area contributed by atoms with Crippen LogP contribution in [0.25, 0.3) is 10.9 Å². The highest BCUT2D eigenvalue weighted by Gasteiger charge is 2.12. The number of fused-ring (bicyclic) bond motifs is 1. The van der Waals surface area contributed by atoms with E-state index in [1.165, 1.54) is 0 Å². The van der Waals surface area contributed by atoms with Crippen LogP contribution in [-0.4, -0.2) is 31.2 Å². The zero-order chi connectivity index (χ0) is 14.4. The van der Waals surface area contributed by atoms with Crippen LogP contribution in [0.2, 0.25) is 0 Å². The minimum Gasteiger partial charge on any atom is -0.385 e. The predicted octanol–water partition coefficient (Wildman–Crippen LogP) is 1.29. The van der Waals surface area contributed by atoms with E-state index < -0.39 is 0 Å². The van der Waals surface area contributed by atoms with Crippen molar-refractivity contribution < 1.29 is 9.53 Å². The van der Waals surface area contributed by atoms with Crippen molar-refractivity contribution in [2.45, 2.75) is 6.42 Å². The summed E-state index contributed by atoms with van der Waals surface area (Å²) in [5.41, 5.74) is 3.76. The maximum absolute atomic E-state index is 12.2. The number of carbonyl (C=O) groups excluding carboxylic acids is 1. The van der Waals surface area contributed by atoms with E-state index in [1.54, 1.807) is 13.2 Å². The Kier molecular flexibility index (Phi) is 4.86. The van der Waals surface area contributed by atoms with Gasteiger partial charge in [-0.3, -0.25) is 4.79 Å². The number of hydrazine groups is 1. The molecule has 1 aromatic heterocycles. The van der Waals surface area contributed by atoms with Crippen LogP contribution in [0.15, 0.2) is 30.3 Å². The second-order valence-electron chi connectivity index (χ2n) is 4.32. The number of benzene rings is 1. The van der Waals surface area contributed by atoms with Crippen LogP contribution in [0.5, 0.6) is 0 Å². The van der Waals surface area contributed by atoms with Gasteiger partial charge in [0, 0.05) is 25.6 Å². The van der Waals surface area contributed by atoms with Gasteiger partial charge in [0.05, 0.1) is 11.1 Å². The minimum atomic E-state index is -0.142. The van der Waals surface area contributed by atoms with Crippen LogP contribution in [0.4, 0.5) is 5.82 Å². The lowest BCUT2D eigenvalue weighted by Crippen LogP contribution is -2.25. The number of amides is 1. The van der Waals surface area contributed by atoms with Crippen molar-refractivity contribution in [2.75, 3.05) is 25.7 Å². The number of hydrogen-bond donors (Lipinski definition) is 3. The first-order valence-corrected chi connectivity index (χ1v) is 6.40. The van der Waals surface area contributed by atoms with Crippen LogP contribution >= 0.6 is 0 Å². The molecule has 1 amide bonds. The SMILES string of the molecule is COCCCNC(=O)c1cc(NN)nc2ccccc12. The molecule has 4 N–H and O–H groups in total. The Labute approximate surface area is 117 Å². The second kappa shape index (κ2) is 6.83. The van der Waals surface area contributed by atoms with Crippen molar-refractivity contribution in [3.05, 3.63) is 35.9 Å². The van der Waals surface area contributed by atoms with E-state index in [0.717, 1.165) is 17.3 Å². The molecule has 0 radical (unpaired) electrons. The Morgan fingerprint density at radius 3 is 2.95 bits per heavy atom. The average Bonchev–Trinajstić information content (AvgIpc) is 2.50. The molecule has 2 rings (SSSR count). The number of para-hydroxylation sites is 1. The molecule has 1 heterocycles. The summed E-state index contributed by atoms with van der Waals surface area (Å²) in [6, 6.07) is 9.11. The van der Waals surface area contributed by atoms with Gasteiger partial charge in [-0.2, -0.15) is 0 Å². The fraction of sp³-hybridized carbons (Fsp3) is 0.286. The van der Waals surface area contributed by atoms with E-state index in [2.05, 4.69) is 15.7 Å². The molecule has 2 aromatic rings. The molecular formula is C14H18N4O2. The standard InChI is InChI=1S/C14H18N4O2/c1-20-8-4-7-16-14(19)11-9-13(18-15)17-12-6-3-2-5-10(11)12/h2-3,5-6,9H,4,7-8,15H2,1H3,(H,16,19)(H,17,18). The van der Waals surface area contributed by atoms with E-state index in [-0.39, 0.29) is 5.91 Å². The molecule has 106 valence electrons. The number of nitrogen functional groups attached to an aromatic ring is 1. The number of pyridine rings is 1. The summed E-state index contributed by atoms with van der Waals surface area (Å²) in [4.78, 5) is 16.6. The molecule has 0 spiro atoms. The third kappa shape index (κ3) is 3.23. The molecule has 20 heavy (non-hydrogen) atoms. The lowest BCUT2D eigenvalue weighted by molar-refractivity contribution is 0.0950. The van der Waals surface area contributed by atoms with E-state index in [9.17, 15) is 4.79 Å². The topological polar surface area (TPSA) is 89.3 Å². The second-order valence-corrected chi connectivity index (χ2v) is 4.32. The van der Waals surface area contributed by atoms with Crippen LogP contribution in [-0.2, 0) is 4.74 Å². The highest BCUT2D eigenvalue weighted by molar-refractivity contribution is 6.06. The molecule has 0 aliphatic carbocycles. The van der Waals surface area contributed by atoms with E-state index in [0.29, 0.717) is 24.5 Å². The van der Waals surface area contributed by atoms with Gasteiger partial charge in [0.25, 0.3) is 5.91 Å².